The largest absolute Gasteiger partial charge is 0.573 e. The maximum Gasteiger partial charge on any atom is 0.573 e. The summed E-state index contributed by atoms with van der Waals surface area (Å²) in [6.07, 6.45) is -4.77. The third-order valence-electron chi connectivity index (χ3n) is 4.16. The topological polar surface area (TPSA) is 63.5 Å². The van der Waals surface area contributed by atoms with Gasteiger partial charge in [-0.15, -0.1) is 25.6 Å². The van der Waals surface area contributed by atoms with Crippen molar-refractivity contribution in [3.05, 3.63) is 35.7 Å². The zero-order chi connectivity index (χ0) is 21.3. The Labute approximate surface area is 181 Å². The zero-order valence-electron chi connectivity index (χ0n) is 16.7. The number of hydrogen-bond acceptors (Lipinski definition) is 6. The standard InChI is InChI=1S/C18H20F3N5O2S.ClH/c1-11-9-14(23-25(11)4)16(27)26(8-7-24(2)3)17-22-13-6-5-12(10-15(13)29-17)28-18(19,20)21;/h5-6,9-10H,7-8H2,1-4H3;1H. The normalized spacial score (nSPS) is 11.6. The van der Waals surface area contributed by atoms with Gasteiger partial charge in [0, 0.05) is 31.9 Å². The molecule has 0 bridgehead atoms. The van der Waals surface area contributed by atoms with Gasteiger partial charge in [0.05, 0.1) is 10.2 Å². The van der Waals surface area contributed by atoms with Gasteiger partial charge < -0.3 is 9.64 Å². The number of halogens is 4. The number of ether oxygens (including phenoxy) is 1. The van der Waals surface area contributed by atoms with Crippen LogP contribution in [0.15, 0.2) is 24.3 Å². The Morgan fingerprint density at radius 2 is 1.93 bits per heavy atom. The molecule has 2 heterocycles. The van der Waals surface area contributed by atoms with Gasteiger partial charge in [-0.05, 0) is 39.2 Å². The van der Waals surface area contributed by atoms with E-state index in [1.807, 2.05) is 25.9 Å². The number of aromatic nitrogens is 3. The number of fused-ring (bicyclic) bond motifs is 1. The van der Waals surface area contributed by atoms with E-state index in [9.17, 15) is 18.0 Å². The molecule has 0 N–H and O–H groups in total. The summed E-state index contributed by atoms with van der Waals surface area (Å²) >= 11 is 1.12. The predicted octanol–water partition coefficient (Wildman–Crippen LogP) is 3.87. The molecule has 0 fully saturated rings. The van der Waals surface area contributed by atoms with Gasteiger partial charge in [-0.25, -0.2) is 4.98 Å². The van der Waals surface area contributed by atoms with Gasteiger partial charge in [-0.1, -0.05) is 11.3 Å². The van der Waals surface area contributed by atoms with Crippen molar-refractivity contribution in [3.8, 4) is 5.75 Å². The second kappa shape index (κ2) is 9.19. The van der Waals surface area contributed by atoms with Crippen molar-refractivity contribution in [1.29, 1.82) is 0 Å². The molecule has 7 nitrogen and oxygen atoms in total. The lowest BCUT2D eigenvalue weighted by Gasteiger charge is -2.21. The van der Waals surface area contributed by atoms with Crippen molar-refractivity contribution >= 4 is 45.0 Å². The molecule has 3 rings (SSSR count). The molecule has 2 aromatic heterocycles. The van der Waals surface area contributed by atoms with E-state index in [1.54, 1.807) is 17.8 Å². The number of carbonyl (C=O) groups excluding carboxylic acids is 1. The maximum atomic E-state index is 13.1. The zero-order valence-corrected chi connectivity index (χ0v) is 18.4. The van der Waals surface area contributed by atoms with Gasteiger partial charge in [0.15, 0.2) is 10.8 Å². The van der Waals surface area contributed by atoms with Crippen LogP contribution in [0.1, 0.15) is 16.2 Å². The van der Waals surface area contributed by atoms with Gasteiger partial charge in [-0.2, -0.15) is 5.10 Å². The van der Waals surface area contributed by atoms with Crippen LogP contribution in [-0.4, -0.2) is 59.1 Å². The van der Waals surface area contributed by atoms with E-state index in [-0.39, 0.29) is 29.8 Å². The summed E-state index contributed by atoms with van der Waals surface area (Å²) in [7, 11) is 5.51. The molecule has 164 valence electrons. The van der Waals surface area contributed by atoms with Crippen molar-refractivity contribution in [1.82, 2.24) is 19.7 Å². The summed E-state index contributed by atoms with van der Waals surface area (Å²) in [6, 6.07) is 5.60. The fourth-order valence-corrected chi connectivity index (χ4v) is 3.61. The van der Waals surface area contributed by atoms with Crippen molar-refractivity contribution in [2.24, 2.45) is 7.05 Å². The molecule has 12 heteroatoms. The van der Waals surface area contributed by atoms with Crippen LogP contribution in [-0.2, 0) is 7.05 Å². The highest BCUT2D eigenvalue weighted by Crippen LogP contribution is 2.33. The molecular weight excluding hydrogens is 443 g/mol. The minimum Gasteiger partial charge on any atom is -0.406 e. The minimum atomic E-state index is -4.77. The predicted molar refractivity (Wildman–Crippen MR) is 112 cm³/mol. The van der Waals surface area contributed by atoms with Crippen LogP contribution in [0.2, 0.25) is 0 Å². The molecule has 1 aromatic carbocycles. The first-order chi connectivity index (χ1) is 13.5. The summed E-state index contributed by atoms with van der Waals surface area (Å²) < 4.78 is 43.5. The van der Waals surface area contributed by atoms with Crippen molar-refractivity contribution in [2.45, 2.75) is 13.3 Å². The number of anilines is 1. The number of amides is 1. The van der Waals surface area contributed by atoms with Crippen molar-refractivity contribution in [3.63, 3.8) is 0 Å². The van der Waals surface area contributed by atoms with Gasteiger partial charge in [0.2, 0.25) is 0 Å². The average Bonchev–Trinajstić information content (AvgIpc) is 3.16. The first-order valence-corrected chi connectivity index (χ1v) is 9.49. The number of nitrogens with zero attached hydrogens (tertiary/aromatic N) is 5. The number of thiazole rings is 1. The molecule has 0 saturated carbocycles. The molecule has 0 aliphatic carbocycles. The molecule has 0 unspecified atom stereocenters. The quantitative estimate of drug-likeness (QED) is 0.555. The molecule has 3 aromatic rings. The van der Waals surface area contributed by atoms with E-state index < -0.39 is 6.36 Å². The Balaban J connectivity index is 0.00000320. The Morgan fingerprint density at radius 3 is 2.50 bits per heavy atom. The highest BCUT2D eigenvalue weighted by atomic mass is 35.5. The summed E-state index contributed by atoms with van der Waals surface area (Å²) in [4.78, 5) is 20.9. The van der Waals surface area contributed by atoms with Crippen LogP contribution in [0.4, 0.5) is 18.3 Å². The van der Waals surface area contributed by atoms with Gasteiger partial charge >= 0.3 is 6.36 Å². The van der Waals surface area contributed by atoms with Crippen LogP contribution in [0.25, 0.3) is 10.2 Å². The van der Waals surface area contributed by atoms with Crippen molar-refractivity contribution < 1.29 is 22.7 Å². The highest BCUT2D eigenvalue weighted by Gasteiger charge is 2.31. The van der Waals surface area contributed by atoms with Crippen LogP contribution in [0.5, 0.6) is 5.75 Å². The second-order valence-electron chi connectivity index (χ2n) is 6.73. The number of alkyl halides is 3. The number of benzene rings is 1. The summed E-state index contributed by atoms with van der Waals surface area (Å²) in [5.41, 5.74) is 1.60. The fourth-order valence-electron chi connectivity index (χ4n) is 2.59. The lowest BCUT2D eigenvalue weighted by Crippen LogP contribution is -2.37. The number of rotatable bonds is 6. The van der Waals surface area contributed by atoms with E-state index in [4.69, 9.17) is 0 Å². The van der Waals surface area contributed by atoms with Crippen LogP contribution in [0.3, 0.4) is 0 Å². The Hall–Kier alpha value is -2.37. The SMILES string of the molecule is Cc1cc(C(=O)N(CCN(C)C)c2nc3ccc(OC(F)(F)F)cc3s2)nn1C.Cl. The lowest BCUT2D eigenvalue weighted by molar-refractivity contribution is -0.274. The summed E-state index contributed by atoms with van der Waals surface area (Å²) in [5, 5.41) is 4.62. The van der Waals surface area contributed by atoms with E-state index in [0.29, 0.717) is 28.4 Å². The molecule has 0 aliphatic rings. The third kappa shape index (κ3) is 5.61. The first-order valence-electron chi connectivity index (χ1n) is 8.67. The minimum absolute atomic E-state index is 0. The van der Waals surface area contributed by atoms with Crippen LogP contribution >= 0.6 is 23.7 Å². The monoisotopic (exact) mass is 463 g/mol. The van der Waals surface area contributed by atoms with E-state index in [0.717, 1.165) is 17.0 Å². The first kappa shape index (κ1) is 23.9. The molecule has 1 amide bonds. The Morgan fingerprint density at radius 1 is 1.23 bits per heavy atom. The highest BCUT2D eigenvalue weighted by molar-refractivity contribution is 7.22. The molecule has 0 aliphatic heterocycles. The Kier molecular flexibility index (Phi) is 7.32. The van der Waals surface area contributed by atoms with Gasteiger partial charge in [-0.3, -0.25) is 14.4 Å². The summed E-state index contributed by atoms with van der Waals surface area (Å²) in [6.45, 7) is 2.77. The summed E-state index contributed by atoms with van der Waals surface area (Å²) in [5.74, 6) is -0.645. The van der Waals surface area contributed by atoms with E-state index in [1.165, 1.54) is 23.1 Å². The molecular formula is C18H21ClF3N5O2S. The third-order valence-corrected chi connectivity index (χ3v) is 5.20. The molecule has 0 atom stereocenters. The smallest absolute Gasteiger partial charge is 0.406 e. The molecule has 0 spiro atoms. The van der Waals surface area contributed by atoms with E-state index >= 15 is 0 Å². The number of likely N-dealkylation sites (N-methyl/N-ethyl adjacent to an activating group) is 1. The van der Waals surface area contributed by atoms with Crippen molar-refractivity contribution in [2.75, 3.05) is 32.1 Å². The maximum absolute atomic E-state index is 13.1. The Bertz CT molecular complexity index is 1020. The van der Waals surface area contributed by atoms with E-state index in [2.05, 4.69) is 14.8 Å². The van der Waals surface area contributed by atoms with Crippen LogP contribution < -0.4 is 9.64 Å². The van der Waals surface area contributed by atoms with Gasteiger partial charge in [0.25, 0.3) is 5.91 Å². The second-order valence-corrected chi connectivity index (χ2v) is 7.74. The average molecular weight is 464 g/mol. The molecule has 0 radical (unpaired) electrons. The fraction of sp³-hybridized carbons (Fsp3) is 0.389. The van der Waals surface area contributed by atoms with Gasteiger partial charge in [0.1, 0.15) is 5.75 Å². The number of aryl methyl sites for hydroxylation is 2. The number of hydrogen-bond donors (Lipinski definition) is 0. The van der Waals surface area contributed by atoms with Crippen LogP contribution in [0, 0.1) is 6.92 Å². The number of carbonyl (C=O) groups is 1. The molecule has 0 saturated heterocycles. The lowest BCUT2D eigenvalue weighted by atomic mass is 10.3. The molecule has 30 heavy (non-hydrogen) atoms.